The molecule has 2 aromatic carbocycles. The van der Waals surface area contributed by atoms with Gasteiger partial charge in [0.05, 0.1) is 31.1 Å². The molecule has 144 valence electrons. The van der Waals surface area contributed by atoms with Gasteiger partial charge in [-0.05, 0) is 60.2 Å². The Balaban J connectivity index is 1.97. The van der Waals surface area contributed by atoms with Gasteiger partial charge in [0, 0.05) is 9.50 Å². The van der Waals surface area contributed by atoms with Gasteiger partial charge >= 0.3 is 0 Å². The molecule has 6 nitrogen and oxygen atoms in total. The van der Waals surface area contributed by atoms with E-state index in [1.54, 1.807) is 43.1 Å². The minimum Gasteiger partial charge on any atom is -0.495 e. The lowest BCUT2D eigenvalue weighted by molar-refractivity contribution is -0.122. The summed E-state index contributed by atoms with van der Waals surface area (Å²) in [7, 11) is 3.22. The Morgan fingerprint density at radius 3 is 2.56 bits per heavy atom. The Hall–Kier alpha value is -2.09. The van der Waals surface area contributed by atoms with E-state index in [4.69, 9.17) is 16.3 Å². The summed E-state index contributed by atoms with van der Waals surface area (Å²) in [5, 5.41) is 6.09. The molecule has 0 radical (unpaired) electrons. The molecule has 0 aliphatic heterocycles. The highest BCUT2D eigenvalue weighted by atomic mass is 79.9. The summed E-state index contributed by atoms with van der Waals surface area (Å²) in [4.78, 5) is 26.5. The SMILES string of the molecule is COc1ccc(Cl)cc1NC(=O)[C@@H](C)N(C)CC(=O)Nc1ccccc1Br. The van der Waals surface area contributed by atoms with Crippen LogP contribution in [0.5, 0.6) is 5.75 Å². The smallest absolute Gasteiger partial charge is 0.241 e. The number of methoxy groups -OCH3 is 1. The van der Waals surface area contributed by atoms with Crippen molar-refractivity contribution >= 4 is 50.7 Å². The van der Waals surface area contributed by atoms with Gasteiger partial charge in [-0.15, -0.1) is 0 Å². The van der Waals surface area contributed by atoms with Gasteiger partial charge < -0.3 is 15.4 Å². The lowest BCUT2D eigenvalue weighted by Gasteiger charge is -2.24. The zero-order chi connectivity index (χ0) is 20.0. The minimum atomic E-state index is -0.543. The fraction of sp³-hybridized carbons (Fsp3) is 0.263. The van der Waals surface area contributed by atoms with Crippen LogP contribution in [0.2, 0.25) is 5.02 Å². The second-order valence-electron chi connectivity index (χ2n) is 5.95. The molecule has 0 heterocycles. The van der Waals surface area contributed by atoms with Crippen molar-refractivity contribution in [2.75, 3.05) is 31.3 Å². The van der Waals surface area contributed by atoms with E-state index >= 15 is 0 Å². The molecule has 0 aliphatic carbocycles. The van der Waals surface area contributed by atoms with Crippen LogP contribution in [-0.2, 0) is 9.59 Å². The first-order chi connectivity index (χ1) is 12.8. The number of hydrogen-bond acceptors (Lipinski definition) is 4. The number of nitrogens with one attached hydrogen (secondary N) is 2. The number of hydrogen-bond donors (Lipinski definition) is 2. The normalized spacial score (nSPS) is 11.8. The molecule has 0 aliphatic rings. The molecule has 0 bridgehead atoms. The highest BCUT2D eigenvalue weighted by Crippen LogP contribution is 2.28. The number of rotatable bonds is 7. The Labute approximate surface area is 172 Å². The number of ether oxygens (including phenoxy) is 1. The minimum absolute atomic E-state index is 0.0581. The van der Waals surface area contributed by atoms with Crippen molar-refractivity contribution in [3.05, 3.63) is 52.0 Å². The van der Waals surface area contributed by atoms with Crippen LogP contribution in [0.3, 0.4) is 0 Å². The summed E-state index contributed by atoms with van der Waals surface area (Å²) in [5.41, 5.74) is 1.16. The number of amides is 2. The fourth-order valence-electron chi connectivity index (χ4n) is 2.33. The quantitative estimate of drug-likeness (QED) is 0.663. The zero-order valence-corrected chi connectivity index (χ0v) is 17.6. The molecule has 0 saturated heterocycles. The molecule has 0 spiro atoms. The van der Waals surface area contributed by atoms with Crippen LogP contribution in [0, 0.1) is 0 Å². The number of carbonyl (C=O) groups is 2. The molecule has 2 rings (SSSR count). The molecule has 0 unspecified atom stereocenters. The van der Waals surface area contributed by atoms with Gasteiger partial charge in [0.2, 0.25) is 11.8 Å². The third-order valence-electron chi connectivity index (χ3n) is 4.00. The molecule has 0 saturated carbocycles. The zero-order valence-electron chi connectivity index (χ0n) is 15.3. The second-order valence-corrected chi connectivity index (χ2v) is 7.24. The van der Waals surface area contributed by atoms with Crippen LogP contribution >= 0.6 is 27.5 Å². The monoisotopic (exact) mass is 453 g/mol. The van der Waals surface area contributed by atoms with Gasteiger partial charge in [0.25, 0.3) is 0 Å². The van der Waals surface area contributed by atoms with Crippen molar-refractivity contribution in [1.82, 2.24) is 4.90 Å². The van der Waals surface area contributed by atoms with Gasteiger partial charge in [-0.2, -0.15) is 0 Å². The van der Waals surface area contributed by atoms with E-state index in [0.717, 1.165) is 4.47 Å². The average Bonchev–Trinajstić information content (AvgIpc) is 2.63. The molecule has 2 amide bonds. The predicted molar refractivity (Wildman–Crippen MR) is 111 cm³/mol. The number of para-hydroxylation sites is 1. The number of halogens is 2. The molecule has 0 aromatic heterocycles. The van der Waals surface area contributed by atoms with E-state index in [1.165, 1.54) is 7.11 Å². The van der Waals surface area contributed by atoms with Gasteiger partial charge in [-0.3, -0.25) is 14.5 Å². The van der Waals surface area contributed by atoms with Crippen LogP contribution in [0.15, 0.2) is 46.9 Å². The third kappa shape index (κ3) is 5.95. The Kier molecular flexibility index (Phi) is 7.65. The summed E-state index contributed by atoms with van der Waals surface area (Å²) in [6, 6.07) is 11.8. The molecule has 1 atom stereocenters. The Morgan fingerprint density at radius 2 is 1.89 bits per heavy atom. The van der Waals surface area contributed by atoms with Gasteiger partial charge in [-0.25, -0.2) is 0 Å². The van der Waals surface area contributed by atoms with Crippen LogP contribution in [0.4, 0.5) is 11.4 Å². The maximum Gasteiger partial charge on any atom is 0.241 e. The standard InChI is InChI=1S/C19H21BrClN3O3/c1-12(19(26)23-16-10-13(21)8-9-17(16)27-3)24(2)11-18(25)22-15-7-5-4-6-14(15)20/h4-10,12H,11H2,1-3H3,(H,22,25)(H,23,26)/t12-/m1/s1. The van der Waals surface area contributed by atoms with Crippen molar-refractivity contribution in [3.63, 3.8) is 0 Å². The molecule has 2 N–H and O–H groups in total. The van der Waals surface area contributed by atoms with E-state index in [1.807, 2.05) is 18.2 Å². The van der Waals surface area contributed by atoms with Crippen molar-refractivity contribution in [2.24, 2.45) is 0 Å². The lowest BCUT2D eigenvalue weighted by atomic mass is 10.2. The molecule has 8 heteroatoms. The maximum absolute atomic E-state index is 12.5. The number of benzene rings is 2. The Bertz CT molecular complexity index is 832. The maximum atomic E-state index is 12.5. The number of anilines is 2. The number of likely N-dealkylation sites (N-methyl/N-ethyl adjacent to an activating group) is 1. The summed E-state index contributed by atoms with van der Waals surface area (Å²) in [5.74, 6) is 0.0189. The topological polar surface area (TPSA) is 70.7 Å². The van der Waals surface area contributed by atoms with Gasteiger partial charge in [0.1, 0.15) is 5.75 Å². The summed E-state index contributed by atoms with van der Waals surface area (Å²) in [6.07, 6.45) is 0. The first-order valence-corrected chi connectivity index (χ1v) is 9.38. The average molecular weight is 455 g/mol. The lowest BCUT2D eigenvalue weighted by Crippen LogP contribution is -2.43. The molecule has 2 aromatic rings. The van der Waals surface area contributed by atoms with Crippen LogP contribution < -0.4 is 15.4 Å². The Morgan fingerprint density at radius 1 is 1.19 bits per heavy atom. The van der Waals surface area contributed by atoms with Gasteiger partial charge in [-0.1, -0.05) is 23.7 Å². The van der Waals surface area contributed by atoms with Crippen LogP contribution in [0.1, 0.15) is 6.92 Å². The van der Waals surface area contributed by atoms with Crippen molar-refractivity contribution < 1.29 is 14.3 Å². The number of nitrogens with zero attached hydrogens (tertiary/aromatic N) is 1. The first kappa shape index (κ1) is 21.2. The summed E-state index contributed by atoms with van der Waals surface area (Å²) >= 11 is 9.37. The van der Waals surface area contributed by atoms with Crippen molar-refractivity contribution in [1.29, 1.82) is 0 Å². The number of carbonyl (C=O) groups excluding carboxylic acids is 2. The highest BCUT2D eigenvalue weighted by molar-refractivity contribution is 9.10. The molecule has 0 fully saturated rings. The van der Waals surface area contributed by atoms with E-state index in [9.17, 15) is 9.59 Å². The summed E-state index contributed by atoms with van der Waals surface area (Å²) < 4.78 is 6.02. The van der Waals surface area contributed by atoms with E-state index in [2.05, 4.69) is 26.6 Å². The van der Waals surface area contributed by atoms with Crippen LogP contribution in [-0.4, -0.2) is 43.5 Å². The predicted octanol–water partition coefficient (Wildman–Crippen LogP) is 4.01. The molecular weight excluding hydrogens is 434 g/mol. The van der Waals surface area contributed by atoms with Crippen LogP contribution in [0.25, 0.3) is 0 Å². The second kappa shape index (κ2) is 9.73. The van der Waals surface area contributed by atoms with E-state index in [-0.39, 0.29) is 18.4 Å². The van der Waals surface area contributed by atoms with Crippen molar-refractivity contribution in [2.45, 2.75) is 13.0 Å². The van der Waals surface area contributed by atoms with E-state index < -0.39 is 6.04 Å². The molecule has 27 heavy (non-hydrogen) atoms. The fourth-order valence-corrected chi connectivity index (χ4v) is 2.89. The summed E-state index contributed by atoms with van der Waals surface area (Å²) in [6.45, 7) is 1.78. The van der Waals surface area contributed by atoms with Crippen molar-refractivity contribution in [3.8, 4) is 5.75 Å². The molecular formula is C19H21BrClN3O3. The largest absolute Gasteiger partial charge is 0.495 e. The van der Waals surface area contributed by atoms with E-state index in [0.29, 0.717) is 22.1 Å². The van der Waals surface area contributed by atoms with Gasteiger partial charge in [0.15, 0.2) is 0 Å². The first-order valence-electron chi connectivity index (χ1n) is 8.21. The third-order valence-corrected chi connectivity index (χ3v) is 4.93. The highest BCUT2D eigenvalue weighted by Gasteiger charge is 2.21.